The molecule has 0 saturated heterocycles. The monoisotopic (exact) mass is 353 g/mol. The summed E-state index contributed by atoms with van der Waals surface area (Å²) >= 11 is 0. The van der Waals surface area contributed by atoms with Crippen LogP contribution >= 0.6 is 0 Å². The summed E-state index contributed by atoms with van der Waals surface area (Å²) in [6, 6.07) is 7.56. The number of aromatic amines is 1. The molecule has 0 unspecified atom stereocenters. The summed E-state index contributed by atoms with van der Waals surface area (Å²) in [4.78, 5) is 27.8. The van der Waals surface area contributed by atoms with Crippen LogP contribution in [0.2, 0.25) is 0 Å². The van der Waals surface area contributed by atoms with Gasteiger partial charge >= 0.3 is 11.7 Å². The number of unbranched alkanes of at least 4 members (excludes halogenated alkanes) is 1. The molecule has 134 valence electrons. The van der Waals surface area contributed by atoms with E-state index in [4.69, 9.17) is 15.7 Å². The molecule has 3 aromatic rings. The number of anilines is 1. The molecule has 0 fully saturated rings. The number of fused-ring (bicyclic) bond motifs is 1. The highest BCUT2D eigenvalue weighted by molar-refractivity contribution is 5.81. The van der Waals surface area contributed by atoms with Crippen LogP contribution in [-0.2, 0) is 13.0 Å². The van der Waals surface area contributed by atoms with Crippen LogP contribution in [-0.4, -0.2) is 31.1 Å². The number of nitrogens with zero attached hydrogens (tertiary/aromatic N) is 5. The number of rotatable bonds is 7. The molecule has 0 aliphatic heterocycles. The fourth-order valence-electron chi connectivity index (χ4n) is 2.51. The van der Waals surface area contributed by atoms with Crippen molar-refractivity contribution in [1.29, 1.82) is 5.26 Å². The van der Waals surface area contributed by atoms with Gasteiger partial charge in [0.25, 0.3) is 0 Å². The van der Waals surface area contributed by atoms with Crippen molar-refractivity contribution in [2.75, 3.05) is 12.3 Å². The number of nitrogen functional groups attached to an aromatic ring is 1. The molecular formula is C17H19N7O2. The van der Waals surface area contributed by atoms with Gasteiger partial charge in [-0.1, -0.05) is 19.4 Å². The van der Waals surface area contributed by atoms with E-state index in [1.165, 1.54) is 4.57 Å². The van der Waals surface area contributed by atoms with Gasteiger partial charge in [0.15, 0.2) is 11.5 Å². The fourth-order valence-corrected chi connectivity index (χ4v) is 2.51. The Labute approximate surface area is 149 Å². The van der Waals surface area contributed by atoms with Crippen molar-refractivity contribution < 1.29 is 4.74 Å². The van der Waals surface area contributed by atoms with E-state index in [1.807, 2.05) is 0 Å². The average molecular weight is 353 g/mol. The average Bonchev–Trinajstić information content (AvgIpc) is 2.93. The highest BCUT2D eigenvalue weighted by atomic mass is 16.5. The zero-order chi connectivity index (χ0) is 18.5. The minimum absolute atomic E-state index is 0.141. The third-order valence-corrected chi connectivity index (χ3v) is 3.80. The molecule has 9 heteroatoms. The molecule has 9 nitrogen and oxygen atoms in total. The lowest BCUT2D eigenvalue weighted by molar-refractivity contribution is 0.286. The van der Waals surface area contributed by atoms with Crippen molar-refractivity contribution >= 4 is 17.0 Å². The number of imidazole rings is 1. The van der Waals surface area contributed by atoms with Crippen LogP contribution < -0.4 is 16.2 Å². The SMILES string of the molecule is CCCCOc1nc(N)c2[nH]c(=O)n(Cc3cccc(CC#N)n3)c2n1. The zero-order valence-electron chi connectivity index (χ0n) is 14.4. The number of hydrogen-bond acceptors (Lipinski definition) is 7. The third-order valence-electron chi connectivity index (χ3n) is 3.80. The molecule has 0 aromatic carbocycles. The van der Waals surface area contributed by atoms with Crippen LogP contribution in [0, 0.1) is 11.3 Å². The highest BCUT2D eigenvalue weighted by Gasteiger charge is 2.15. The Bertz CT molecular complexity index is 1020. The molecule has 0 aliphatic rings. The van der Waals surface area contributed by atoms with Crippen LogP contribution in [0.4, 0.5) is 5.82 Å². The normalized spacial score (nSPS) is 10.8. The van der Waals surface area contributed by atoms with E-state index in [0.29, 0.717) is 29.2 Å². The van der Waals surface area contributed by atoms with Gasteiger partial charge in [-0.3, -0.25) is 9.55 Å². The molecule has 3 aromatic heterocycles. The Morgan fingerprint density at radius 1 is 1.31 bits per heavy atom. The van der Waals surface area contributed by atoms with Crippen LogP contribution in [0.1, 0.15) is 31.2 Å². The minimum atomic E-state index is -0.362. The lowest BCUT2D eigenvalue weighted by Gasteiger charge is -2.07. The van der Waals surface area contributed by atoms with Gasteiger partial charge in [-0.15, -0.1) is 0 Å². The van der Waals surface area contributed by atoms with Gasteiger partial charge < -0.3 is 15.5 Å². The van der Waals surface area contributed by atoms with Crippen LogP contribution in [0.3, 0.4) is 0 Å². The van der Waals surface area contributed by atoms with Crippen molar-refractivity contribution in [2.24, 2.45) is 0 Å². The third kappa shape index (κ3) is 3.64. The molecular weight excluding hydrogens is 334 g/mol. The fraction of sp³-hybridized carbons (Fsp3) is 0.353. The summed E-state index contributed by atoms with van der Waals surface area (Å²) in [5, 5.41) is 8.81. The summed E-state index contributed by atoms with van der Waals surface area (Å²) in [6.45, 7) is 2.73. The summed E-state index contributed by atoms with van der Waals surface area (Å²) in [6.07, 6.45) is 2.06. The van der Waals surface area contributed by atoms with E-state index >= 15 is 0 Å². The Hall–Kier alpha value is -3.41. The van der Waals surface area contributed by atoms with Crippen LogP contribution in [0.15, 0.2) is 23.0 Å². The first kappa shape index (κ1) is 17.4. The predicted octanol–water partition coefficient (Wildman–Crippen LogP) is 1.39. The Morgan fingerprint density at radius 2 is 2.12 bits per heavy atom. The lowest BCUT2D eigenvalue weighted by atomic mass is 10.2. The van der Waals surface area contributed by atoms with E-state index in [0.717, 1.165) is 12.8 Å². The maximum absolute atomic E-state index is 12.3. The maximum Gasteiger partial charge on any atom is 0.328 e. The molecule has 0 bridgehead atoms. The standard InChI is InChI=1S/C17H19N7O2/c1-2-3-9-26-16-22-14(19)13-15(23-16)24(17(25)21-13)10-12-6-4-5-11(20-12)7-8-18/h4-6H,2-3,7,9-10H2,1H3,(H,21,25)(H2,19,22,23). The van der Waals surface area contributed by atoms with E-state index in [2.05, 4.69) is 32.9 Å². The molecule has 0 radical (unpaired) electrons. The van der Waals surface area contributed by atoms with Crippen molar-refractivity contribution in [1.82, 2.24) is 24.5 Å². The second-order valence-corrected chi connectivity index (χ2v) is 5.76. The number of nitrogens with one attached hydrogen (secondary N) is 1. The number of nitriles is 1. The van der Waals surface area contributed by atoms with E-state index in [1.54, 1.807) is 18.2 Å². The number of H-pyrrole nitrogens is 1. The quantitative estimate of drug-likeness (QED) is 0.613. The van der Waals surface area contributed by atoms with E-state index in [-0.39, 0.29) is 30.5 Å². The van der Waals surface area contributed by atoms with Gasteiger partial charge in [-0.05, 0) is 18.6 Å². The first-order valence-corrected chi connectivity index (χ1v) is 8.33. The summed E-state index contributed by atoms with van der Waals surface area (Å²) in [7, 11) is 0. The topological polar surface area (TPSA) is 136 Å². The van der Waals surface area contributed by atoms with Gasteiger partial charge in [-0.25, -0.2) is 4.79 Å². The van der Waals surface area contributed by atoms with Gasteiger partial charge in [0.1, 0.15) is 5.52 Å². The van der Waals surface area contributed by atoms with E-state index in [9.17, 15) is 4.79 Å². The molecule has 0 amide bonds. The van der Waals surface area contributed by atoms with Gasteiger partial charge in [0, 0.05) is 0 Å². The highest BCUT2D eigenvalue weighted by Crippen LogP contribution is 2.18. The molecule has 26 heavy (non-hydrogen) atoms. The second kappa shape index (κ2) is 7.65. The molecule has 3 heterocycles. The number of hydrogen-bond donors (Lipinski definition) is 2. The first-order chi connectivity index (χ1) is 12.6. The van der Waals surface area contributed by atoms with Crippen LogP contribution in [0.25, 0.3) is 11.2 Å². The predicted molar refractivity (Wildman–Crippen MR) is 95.6 cm³/mol. The Balaban J connectivity index is 1.97. The van der Waals surface area contributed by atoms with E-state index < -0.39 is 0 Å². The van der Waals surface area contributed by atoms with Crippen molar-refractivity contribution in [3.63, 3.8) is 0 Å². The lowest BCUT2D eigenvalue weighted by Crippen LogP contribution is -2.18. The minimum Gasteiger partial charge on any atom is -0.463 e. The second-order valence-electron chi connectivity index (χ2n) is 5.76. The number of aromatic nitrogens is 5. The zero-order valence-corrected chi connectivity index (χ0v) is 14.4. The molecule has 3 N–H and O–H groups in total. The summed E-state index contributed by atoms with van der Waals surface area (Å²) in [5.74, 6) is 0.156. The van der Waals surface area contributed by atoms with Crippen molar-refractivity contribution in [3.8, 4) is 12.1 Å². The maximum atomic E-state index is 12.3. The smallest absolute Gasteiger partial charge is 0.328 e. The molecule has 3 rings (SSSR count). The summed E-state index contributed by atoms with van der Waals surface area (Å²) < 4.78 is 6.95. The van der Waals surface area contributed by atoms with Crippen LogP contribution in [0.5, 0.6) is 6.01 Å². The molecule has 0 aliphatic carbocycles. The summed E-state index contributed by atoms with van der Waals surface area (Å²) in [5.41, 5.74) is 7.60. The van der Waals surface area contributed by atoms with Gasteiger partial charge in [0.05, 0.1) is 37.0 Å². The number of nitrogens with two attached hydrogens (primary N) is 1. The Kier molecular flexibility index (Phi) is 5.12. The first-order valence-electron chi connectivity index (χ1n) is 8.33. The molecule has 0 spiro atoms. The molecule has 0 saturated carbocycles. The molecule has 0 atom stereocenters. The Morgan fingerprint density at radius 3 is 2.88 bits per heavy atom. The number of pyridine rings is 1. The van der Waals surface area contributed by atoms with Gasteiger partial charge in [-0.2, -0.15) is 15.2 Å². The van der Waals surface area contributed by atoms with Crippen molar-refractivity contribution in [3.05, 3.63) is 40.1 Å². The largest absolute Gasteiger partial charge is 0.463 e. The van der Waals surface area contributed by atoms with Gasteiger partial charge in [0.2, 0.25) is 0 Å². The number of ether oxygens (including phenoxy) is 1. The van der Waals surface area contributed by atoms with Crippen molar-refractivity contribution in [2.45, 2.75) is 32.7 Å².